The lowest BCUT2D eigenvalue weighted by Crippen LogP contribution is -2.13. The van der Waals surface area contributed by atoms with Crippen LogP contribution in [0.1, 0.15) is 15.9 Å². The molecule has 18 heavy (non-hydrogen) atoms. The molecule has 0 unspecified atom stereocenters. The summed E-state index contributed by atoms with van der Waals surface area (Å²) in [5.41, 5.74) is 1.56. The average Bonchev–Trinajstić information content (AvgIpc) is 2.35. The Labute approximate surface area is 112 Å². The molecule has 0 aliphatic rings. The molecule has 0 aliphatic carbocycles. The number of carbonyl (C=O) groups is 1. The molecular formula is C13H10BrFN2O. The summed E-state index contributed by atoms with van der Waals surface area (Å²) in [6.45, 7) is 1.94. The van der Waals surface area contributed by atoms with E-state index in [0.29, 0.717) is 11.4 Å². The molecule has 5 heteroatoms. The van der Waals surface area contributed by atoms with Gasteiger partial charge < -0.3 is 5.32 Å². The van der Waals surface area contributed by atoms with E-state index in [-0.39, 0.29) is 5.91 Å². The van der Waals surface area contributed by atoms with E-state index in [1.165, 1.54) is 12.1 Å². The number of hydrogen-bond donors (Lipinski definition) is 1. The van der Waals surface area contributed by atoms with E-state index >= 15 is 0 Å². The van der Waals surface area contributed by atoms with Crippen molar-refractivity contribution in [1.29, 1.82) is 0 Å². The molecule has 92 valence electrons. The van der Waals surface area contributed by atoms with E-state index in [1.54, 1.807) is 12.1 Å². The summed E-state index contributed by atoms with van der Waals surface area (Å²) in [5.74, 6) is -0.404. The summed E-state index contributed by atoms with van der Waals surface area (Å²) in [6, 6.07) is 7.95. The Morgan fingerprint density at radius 3 is 2.72 bits per heavy atom. The second-order valence-corrected chi connectivity index (χ2v) is 4.63. The third-order valence-electron chi connectivity index (χ3n) is 2.40. The maximum atomic E-state index is 12.7. The number of benzene rings is 1. The van der Waals surface area contributed by atoms with Crippen molar-refractivity contribution in [3.8, 4) is 0 Å². The minimum Gasteiger partial charge on any atom is -0.307 e. The zero-order valence-corrected chi connectivity index (χ0v) is 11.2. The number of hydrogen-bond acceptors (Lipinski definition) is 2. The molecule has 2 aromatic rings. The molecule has 1 aromatic heterocycles. The van der Waals surface area contributed by atoms with Crippen molar-refractivity contribution < 1.29 is 9.18 Å². The van der Waals surface area contributed by atoms with Crippen molar-refractivity contribution in [2.75, 3.05) is 5.32 Å². The Balaban J connectivity index is 2.16. The quantitative estimate of drug-likeness (QED) is 0.922. The molecule has 0 fully saturated rings. The van der Waals surface area contributed by atoms with Gasteiger partial charge in [0.2, 0.25) is 0 Å². The summed E-state index contributed by atoms with van der Waals surface area (Å²) in [4.78, 5) is 15.7. The minimum absolute atomic E-state index is 0.283. The van der Waals surface area contributed by atoms with E-state index in [2.05, 4.69) is 26.2 Å². The van der Waals surface area contributed by atoms with Crippen LogP contribution in [0, 0.1) is 12.7 Å². The van der Waals surface area contributed by atoms with Gasteiger partial charge in [-0.25, -0.2) is 9.37 Å². The van der Waals surface area contributed by atoms with E-state index in [4.69, 9.17) is 0 Å². The molecule has 0 radical (unpaired) electrons. The van der Waals surface area contributed by atoms with Crippen molar-refractivity contribution >= 4 is 27.7 Å². The Morgan fingerprint density at radius 2 is 2.11 bits per heavy atom. The van der Waals surface area contributed by atoms with E-state index in [1.807, 2.05) is 13.0 Å². The first-order chi connectivity index (χ1) is 8.56. The highest BCUT2D eigenvalue weighted by Gasteiger charge is 2.08. The fraction of sp³-hybridized carbons (Fsp3) is 0.0769. The number of halogens is 2. The van der Waals surface area contributed by atoms with Gasteiger partial charge in [0.25, 0.3) is 5.91 Å². The number of pyridine rings is 1. The summed E-state index contributed by atoms with van der Waals surface area (Å²) in [7, 11) is 0. The molecule has 0 aliphatic heterocycles. The summed E-state index contributed by atoms with van der Waals surface area (Å²) in [5, 5.41) is 2.59. The smallest absolute Gasteiger partial charge is 0.256 e. The van der Waals surface area contributed by atoms with E-state index in [0.717, 1.165) is 16.2 Å². The molecule has 3 nitrogen and oxygen atoms in total. The van der Waals surface area contributed by atoms with Gasteiger partial charge in [0.05, 0.1) is 6.20 Å². The molecule has 1 amide bonds. The third-order valence-corrected chi connectivity index (χ3v) is 3.26. The Hall–Kier alpha value is -1.75. The standard InChI is InChI=1S/C13H10BrFN2O/c1-8-2-3-9(6-11(8)14)13(18)17-12-5-4-10(15)7-16-12/h2-7H,1H3,(H,16,17,18). The minimum atomic E-state index is -0.439. The number of aromatic nitrogens is 1. The highest BCUT2D eigenvalue weighted by molar-refractivity contribution is 9.10. The van der Waals surface area contributed by atoms with Gasteiger partial charge >= 0.3 is 0 Å². The normalized spacial score (nSPS) is 10.2. The lowest BCUT2D eigenvalue weighted by atomic mass is 10.1. The summed E-state index contributed by atoms with van der Waals surface area (Å²) < 4.78 is 13.5. The fourth-order valence-corrected chi connectivity index (χ4v) is 1.75. The van der Waals surface area contributed by atoms with Crippen LogP contribution in [-0.2, 0) is 0 Å². The van der Waals surface area contributed by atoms with Gasteiger partial charge in [0.1, 0.15) is 11.6 Å². The van der Waals surface area contributed by atoms with Crippen LogP contribution in [0.4, 0.5) is 10.2 Å². The average molecular weight is 309 g/mol. The van der Waals surface area contributed by atoms with Crippen molar-refractivity contribution in [3.05, 3.63) is 57.9 Å². The number of rotatable bonds is 2. The molecular weight excluding hydrogens is 299 g/mol. The fourth-order valence-electron chi connectivity index (χ4n) is 1.37. The van der Waals surface area contributed by atoms with Crippen LogP contribution in [0.5, 0.6) is 0 Å². The Morgan fingerprint density at radius 1 is 1.33 bits per heavy atom. The Kier molecular flexibility index (Phi) is 3.72. The molecule has 0 spiro atoms. The monoisotopic (exact) mass is 308 g/mol. The van der Waals surface area contributed by atoms with Crippen molar-refractivity contribution in [3.63, 3.8) is 0 Å². The van der Waals surface area contributed by atoms with E-state index in [9.17, 15) is 9.18 Å². The summed E-state index contributed by atoms with van der Waals surface area (Å²) in [6.07, 6.45) is 1.06. The number of aryl methyl sites for hydroxylation is 1. The predicted octanol–water partition coefficient (Wildman–Crippen LogP) is 3.54. The first-order valence-corrected chi connectivity index (χ1v) is 6.04. The molecule has 1 heterocycles. The predicted molar refractivity (Wildman–Crippen MR) is 71.0 cm³/mol. The van der Waals surface area contributed by atoms with Gasteiger partial charge in [0.15, 0.2) is 0 Å². The number of carbonyl (C=O) groups excluding carboxylic acids is 1. The van der Waals surface area contributed by atoms with Crippen LogP contribution in [0.2, 0.25) is 0 Å². The zero-order valence-electron chi connectivity index (χ0n) is 9.58. The lowest BCUT2D eigenvalue weighted by Gasteiger charge is -2.05. The largest absolute Gasteiger partial charge is 0.307 e. The van der Waals surface area contributed by atoms with Gasteiger partial charge in [-0.2, -0.15) is 0 Å². The molecule has 0 saturated heterocycles. The maximum absolute atomic E-state index is 12.7. The molecule has 0 atom stereocenters. The number of anilines is 1. The summed E-state index contributed by atoms with van der Waals surface area (Å²) >= 11 is 3.36. The van der Waals surface area contributed by atoms with Crippen molar-refractivity contribution in [1.82, 2.24) is 4.98 Å². The number of nitrogens with zero attached hydrogens (tertiary/aromatic N) is 1. The second-order valence-electron chi connectivity index (χ2n) is 3.78. The highest BCUT2D eigenvalue weighted by atomic mass is 79.9. The van der Waals surface area contributed by atoms with Gasteiger partial charge in [-0.1, -0.05) is 22.0 Å². The molecule has 0 bridgehead atoms. The van der Waals surface area contributed by atoms with Gasteiger partial charge in [0, 0.05) is 10.0 Å². The Bertz CT molecular complexity index is 584. The topological polar surface area (TPSA) is 42.0 Å². The number of nitrogens with one attached hydrogen (secondary N) is 1. The van der Waals surface area contributed by atoms with Crippen LogP contribution >= 0.6 is 15.9 Å². The first-order valence-electron chi connectivity index (χ1n) is 5.25. The van der Waals surface area contributed by atoms with Crippen LogP contribution in [0.3, 0.4) is 0 Å². The molecule has 0 saturated carbocycles. The molecule has 1 N–H and O–H groups in total. The van der Waals surface area contributed by atoms with Gasteiger partial charge in [-0.05, 0) is 36.8 Å². The lowest BCUT2D eigenvalue weighted by molar-refractivity contribution is 0.102. The SMILES string of the molecule is Cc1ccc(C(=O)Nc2ccc(F)cn2)cc1Br. The van der Waals surface area contributed by atoms with Crippen molar-refractivity contribution in [2.24, 2.45) is 0 Å². The zero-order chi connectivity index (χ0) is 13.1. The molecule has 1 aromatic carbocycles. The van der Waals surface area contributed by atoms with Gasteiger partial charge in [-0.3, -0.25) is 4.79 Å². The number of amides is 1. The van der Waals surface area contributed by atoms with Crippen LogP contribution in [0.25, 0.3) is 0 Å². The van der Waals surface area contributed by atoms with Crippen molar-refractivity contribution in [2.45, 2.75) is 6.92 Å². The van der Waals surface area contributed by atoms with Crippen LogP contribution in [0.15, 0.2) is 41.0 Å². The highest BCUT2D eigenvalue weighted by Crippen LogP contribution is 2.18. The van der Waals surface area contributed by atoms with E-state index < -0.39 is 5.82 Å². The van der Waals surface area contributed by atoms with Crippen LogP contribution < -0.4 is 5.32 Å². The van der Waals surface area contributed by atoms with Gasteiger partial charge in [-0.15, -0.1) is 0 Å². The molecule has 2 rings (SSSR count). The van der Waals surface area contributed by atoms with Crippen LogP contribution in [-0.4, -0.2) is 10.9 Å². The second kappa shape index (κ2) is 5.27. The third kappa shape index (κ3) is 2.92. The first kappa shape index (κ1) is 12.7. The maximum Gasteiger partial charge on any atom is 0.256 e.